The number of rotatable bonds is 0. The average molecular weight is 178 g/mol. The van der Waals surface area contributed by atoms with Crippen molar-refractivity contribution in [2.45, 2.75) is 0 Å². The largest absolute Gasteiger partial charge is 0.362 e. The van der Waals surface area contributed by atoms with Crippen LogP contribution in [-0.2, 0) is 4.57 Å². The molecule has 1 N–H and O–H groups in total. The molecule has 0 aromatic carbocycles. The molecule has 1 aliphatic rings. The summed E-state index contributed by atoms with van der Waals surface area (Å²) in [6, 6.07) is 0. The SMILES string of the molecule is CN1C=CN(C)C1.C[PH](=O)O. The molecule has 1 heterocycles. The van der Waals surface area contributed by atoms with Crippen LogP contribution in [0.1, 0.15) is 0 Å². The van der Waals surface area contributed by atoms with Crippen molar-refractivity contribution in [3.8, 4) is 0 Å². The molecule has 0 aromatic heterocycles. The quantitative estimate of drug-likeness (QED) is 0.544. The van der Waals surface area contributed by atoms with Gasteiger partial charge in [-0.2, -0.15) is 0 Å². The van der Waals surface area contributed by atoms with E-state index >= 15 is 0 Å². The predicted molar refractivity (Wildman–Crippen MR) is 46.7 cm³/mol. The van der Waals surface area contributed by atoms with E-state index in [2.05, 4.69) is 36.3 Å². The van der Waals surface area contributed by atoms with Gasteiger partial charge in [0.05, 0.1) is 6.67 Å². The second kappa shape index (κ2) is 5.22. The van der Waals surface area contributed by atoms with Crippen LogP contribution in [0, 0.1) is 0 Å². The first kappa shape index (κ1) is 10.5. The monoisotopic (exact) mass is 178 g/mol. The van der Waals surface area contributed by atoms with Crippen LogP contribution in [0.25, 0.3) is 0 Å². The van der Waals surface area contributed by atoms with Crippen LogP contribution < -0.4 is 0 Å². The molecule has 4 nitrogen and oxygen atoms in total. The highest BCUT2D eigenvalue weighted by Gasteiger charge is 1.99. The van der Waals surface area contributed by atoms with Gasteiger partial charge in [0, 0.05) is 33.2 Å². The van der Waals surface area contributed by atoms with Crippen molar-refractivity contribution in [2.75, 3.05) is 27.4 Å². The van der Waals surface area contributed by atoms with Gasteiger partial charge in [0.15, 0.2) is 8.03 Å². The smallest absolute Gasteiger partial charge is 0.186 e. The van der Waals surface area contributed by atoms with Gasteiger partial charge in [0.1, 0.15) is 0 Å². The highest BCUT2D eigenvalue weighted by atomic mass is 31.1. The van der Waals surface area contributed by atoms with Gasteiger partial charge in [-0.1, -0.05) is 0 Å². The normalized spacial score (nSPS) is 17.8. The first-order valence-electron chi connectivity index (χ1n) is 3.30. The van der Waals surface area contributed by atoms with E-state index in [1.807, 2.05) is 0 Å². The molecule has 0 fully saturated rings. The van der Waals surface area contributed by atoms with Crippen LogP contribution in [0.3, 0.4) is 0 Å². The summed E-state index contributed by atoms with van der Waals surface area (Å²) in [6.07, 6.45) is 4.11. The fourth-order valence-corrected chi connectivity index (χ4v) is 0.674. The Balaban J connectivity index is 0.000000218. The first-order chi connectivity index (χ1) is 5.02. The van der Waals surface area contributed by atoms with E-state index in [0.717, 1.165) is 6.67 Å². The molecule has 0 aliphatic carbocycles. The number of nitrogens with zero attached hydrogens (tertiary/aromatic N) is 2. The Kier molecular flexibility index (Phi) is 4.99. The Morgan fingerprint density at radius 1 is 1.36 bits per heavy atom. The van der Waals surface area contributed by atoms with E-state index in [9.17, 15) is 4.57 Å². The van der Waals surface area contributed by atoms with Crippen molar-refractivity contribution < 1.29 is 9.46 Å². The summed E-state index contributed by atoms with van der Waals surface area (Å²) in [6.45, 7) is 2.30. The minimum atomic E-state index is -2.13. The lowest BCUT2D eigenvalue weighted by molar-refractivity contribution is 0.340. The molecule has 0 saturated carbocycles. The molecule has 0 saturated heterocycles. The van der Waals surface area contributed by atoms with Gasteiger partial charge in [-0.25, -0.2) is 0 Å². The lowest BCUT2D eigenvalue weighted by Gasteiger charge is -2.10. The van der Waals surface area contributed by atoms with Gasteiger partial charge in [0.2, 0.25) is 0 Å². The van der Waals surface area contributed by atoms with Gasteiger partial charge in [-0.05, 0) is 0 Å². The molecule has 1 rings (SSSR count). The maximum atomic E-state index is 9.19. The molecule has 1 unspecified atom stereocenters. The Bertz CT molecular complexity index is 147. The Hall–Kier alpha value is -0.470. The molecule has 0 bridgehead atoms. The Morgan fingerprint density at radius 2 is 1.64 bits per heavy atom. The zero-order valence-corrected chi connectivity index (χ0v) is 8.11. The topological polar surface area (TPSA) is 43.8 Å². The summed E-state index contributed by atoms with van der Waals surface area (Å²) in [7, 11) is 1.98. The molecule has 1 aliphatic heterocycles. The molecule has 66 valence electrons. The van der Waals surface area contributed by atoms with Crippen LogP contribution in [0.15, 0.2) is 12.4 Å². The van der Waals surface area contributed by atoms with E-state index in [4.69, 9.17) is 4.89 Å². The summed E-state index contributed by atoms with van der Waals surface area (Å²) in [5, 5.41) is 0. The third-order valence-electron chi connectivity index (χ3n) is 1.02. The van der Waals surface area contributed by atoms with Crippen molar-refractivity contribution in [1.82, 2.24) is 9.80 Å². The maximum absolute atomic E-state index is 9.19. The third-order valence-corrected chi connectivity index (χ3v) is 1.02. The van der Waals surface area contributed by atoms with Gasteiger partial charge in [-0.15, -0.1) is 0 Å². The molecule has 0 radical (unpaired) electrons. The average Bonchev–Trinajstić information content (AvgIpc) is 2.13. The first-order valence-corrected chi connectivity index (χ1v) is 5.16. The molecule has 0 amide bonds. The lowest BCUT2D eigenvalue weighted by atomic mass is 10.9. The zero-order valence-electron chi connectivity index (χ0n) is 7.11. The summed E-state index contributed by atoms with van der Waals surface area (Å²) < 4.78 is 9.19. The minimum absolute atomic E-state index is 1.03. The third kappa shape index (κ3) is 7.43. The van der Waals surface area contributed by atoms with Crippen LogP contribution in [0.2, 0.25) is 0 Å². The number of hydrogen-bond acceptors (Lipinski definition) is 3. The van der Waals surface area contributed by atoms with Crippen LogP contribution in [0.5, 0.6) is 0 Å². The fourth-order valence-electron chi connectivity index (χ4n) is 0.674. The maximum Gasteiger partial charge on any atom is 0.186 e. The molecule has 0 spiro atoms. The van der Waals surface area contributed by atoms with Crippen LogP contribution in [0.4, 0.5) is 0 Å². The Morgan fingerprint density at radius 3 is 1.73 bits per heavy atom. The lowest BCUT2D eigenvalue weighted by Crippen LogP contribution is -2.17. The standard InChI is InChI=1S/C5H10N2.CH5O2P/c1-6-3-4-7(2)5-6;1-4(2)3/h3-4H,5H2,1-2H3;4H,1H3,(H,2,3). The molecular weight excluding hydrogens is 163 g/mol. The van der Waals surface area contributed by atoms with Crippen molar-refractivity contribution in [3.63, 3.8) is 0 Å². The summed E-state index contributed by atoms with van der Waals surface area (Å²) >= 11 is 0. The van der Waals surface area contributed by atoms with Crippen LogP contribution in [-0.4, -0.2) is 42.1 Å². The molecule has 11 heavy (non-hydrogen) atoms. The highest BCUT2D eigenvalue weighted by molar-refractivity contribution is 7.36. The van der Waals surface area contributed by atoms with Gasteiger partial charge in [-0.3, -0.25) is 4.57 Å². The molecule has 1 atom stereocenters. The van der Waals surface area contributed by atoms with Gasteiger partial charge >= 0.3 is 0 Å². The summed E-state index contributed by atoms with van der Waals surface area (Å²) in [5.74, 6) is 0. The fraction of sp³-hybridized carbons (Fsp3) is 0.667. The minimum Gasteiger partial charge on any atom is -0.362 e. The highest BCUT2D eigenvalue weighted by Crippen LogP contribution is 1.99. The molecule has 5 heteroatoms. The van der Waals surface area contributed by atoms with Crippen molar-refractivity contribution in [1.29, 1.82) is 0 Å². The summed E-state index contributed by atoms with van der Waals surface area (Å²) in [4.78, 5) is 11.9. The number of hydrogen-bond donors (Lipinski definition) is 1. The van der Waals surface area contributed by atoms with E-state index in [1.165, 1.54) is 6.66 Å². The van der Waals surface area contributed by atoms with Gasteiger partial charge in [0.25, 0.3) is 0 Å². The van der Waals surface area contributed by atoms with E-state index in [0.29, 0.717) is 0 Å². The van der Waals surface area contributed by atoms with Crippen molar-refractivity contribution in [3.05, 3.63) is 12.4 Å². The summed E-state index contributed by atoms with van der Waals surface area (Å²) in [5.41, 5.74) is 0. The Labute approximate surface area is 68.0 Å². The van der Waals surface area contributed by atoms with Gasteiger partial charge < -0.3 is 14.7 Å². The van der Waals surface area contributed by atoms with Crippen molar-refractivity contribution in [2.24, 2.45) is 0 Å². The zero-order chi connectivity index (χ0) is 8.85. The second-order valence-corrected chi connectivity index (χ2v) is 3.51. The second-order valence-electron chi connectivity index (χ2n) is 2.47. The predicted octanol–water partition coefficient (Wildman–Crippen LogP) is 0.376. The van der Waals surface area contributed by atoms with E-state index in [1.54, 1.807) is 0 Å². The molecular formula is C6H15N2O2P. The van der Waals surface area contributed by atoms with E-state index < -0.39 is 8.03 Å². The van der Waals surface area contributed by atoms with Crippen molar-refractivity contribution >= 4 is 8.03 Å². The van der Waals surface area contributed by atoms with E-state index in [-0.39, 0.29) is 0 Å². The van der Waals surface area contributed by atoms with Crippen LogP contribution >= 0.6 is 8.03 Å². The molecule has 0 aromatic rings.